The summed E-state index contributed by atoms with van der Waals surface area (Å²) in [5.41, 5.74) is 3.72. The van der Waals surface area contributed by atoms with Gasteiger partial charge in [-0.1, -0.05) is 54.1 Å². The van der Waals surface area contributed by atoms with Gasteiger partial charge in [-0.3, -0.25) is 5.43 Å². The molecule has 0 radical (unpaired) electrons. The molecular weight excluding hydrogens is 377 g/mol. The van der Waals surface area contributed by atoms with E-state index >= 15 is 0 Å². The maximum absolute atomic E-state index is 13.0. The SMILES string of the molecule is Cc1nn(Cc2ccccc2)c(Cl)c1/C=N\Nc1ccccc1C(F)(F)F. The summed E-state index contributed by atoms with van der Waals surface area (Å²) < 4.78 is 40.7. The van der Waals surface area contributed by atoms with E-state index in [4.69, 9.17) is 11.6 Å². The fraction of sp³-hybridized carbons (Fsp3) is 0.158. The van der Waals surface area contributed by atoms with Crippen LogP contribution in [0.4, 0.5) is 18.9 Å². The Morgan fingerprint density at radius 2 is 1.78 bits per heavy atom. The number of hydrazone groups is 1. The van der Waals surface area contributed by atoms with Gasteiger partial charge in [0.05, 0.1) is 35.3 Å². The molecule has 0 saturated heterocycles. The molecule has 140 valence electrons. The van der Waals surface area contributed by atoms with Crippen LogP contribution in [0.5, 0.6) is 0 Å². The molecular formula is C19H16ClF3N4. The Morgan fingerprint density at radius 3 is 2.48 bits per heavy atom. The van der Waals surface area contributed by atoms with Crippen molar-refractivity contribution in [3.8, 4) is 0 Å². The molecule has 1 N–H and O–H groups in total. The van der Waals surface area contributed by atoms with Gasteiger partial charge in [-0.15, -0.1) is 0 Å². The van der Waals surface area contributed by atoms with Crippen LogP contribution < -0.4 is 5.43 Å². The number of aryl methyl sites for hydroxylation is 1. The molecule has 0 aliphatic heterocycles. The molecule has 4 nitrogen and oxygen atoms in total. The molecule has 0 aliphatic carbocycles. The fourth-order valence-corrected chi connectivity index (χ4v) is 2.85. The minimum Gasteiger partial charge on any atom is -0.278 e. The van der Waals surface area contributed by atoms with Crippen molar-refractivity contribution in [1.29, 1.82) is 0 Å². The second-order valence-electron chi connectivity index (χ2n) is 5.85. The third kappa shape index (κ3) is 4.49. The van der Waals surface area contributed by atoms with Crippen molar-refractivity contribution >= 4 is 23.5 Å². The van der Waals surface area contributed by atoms with Crippen LogP contribution in [0.2, 0.25) is 5.15 Å². The molecule has 0 atom stereocenters. The highest BCUT2D eigenvalue weighted by molar-refractivity contribution is 6.32. The molecule has 0 amide bonds. The van der Waals surface area contributed by atoms with Crippen molar-refractivity contribution in [3.05, 3.63) is 82.1 Å². The zero-order valence-corrected chi connectivity index (χ0v) is 15.1. The van der Waals surface area contributed by atoms with E-state index in [0.717, 1.165) is 11.6 Å². The summed E-state index contributed by atoms with van der Waals surface area (Å²) >= 11 is 6.37. The number of hydrogen-bond acceptors (Lipinski definition) is 3. The quantitative estimate of drug-likeness (QED) is 0.469. The van der Waals surface area contributed by atoms with E-state index in [-0.39, 0.29) is 5.69 Å². The first-order chi connectivity index (χ1) is 12.9. The first-order valence-corrected chi connectivity index (χ1v) is 8.46. The molecule has 3 aromatic rings. The van der Waals surface area contributed by atoms with Crippen molar-refractivity contribution in [2.24, 2.45) is 5.10 Å². The molecule has 0 saturated carbocycles. The molecule has 0 aliphatic rings. The van der Waals surface area contributed by atoms with Crippen molar-refractivity contribution < 1.29 is 13.2 Å². The average molecular weight is 393 g/mol. The second-order valence-corrected chi connectivity index (χ2v) is 6.20. The van der Waals surface area contributed by atoms with Gasteiger partial charge in [-0.25, -0.2) is 4.68 Å². The largest absolute Gasteiger partial charge is 0.418 e. The minimum atomic E-state index is -4.47. The van der Waals surface area contributed by atoms with Crippen LogP contribution in [0.1, 0.15) is 22.4 Å². The molecule has 3 rings (SSSR count). The Hall–Kier alpha value is -2.80. The molecule has 27 heavy (non-hydrogen) atoms. The van der Waals surface area contributed by atoms with Gasteiger partial charge in [0, 0.05) is 0 Å². The predicted octanol–water partition coefficient (Wildman–Crippen LogP) is 5.36. The molecule has 0 fully saturated rings. The summed E-state index contributed by atoms with van der Waals surface area (Å²) in [7, 11) is 0. The Labute approximate surface area is 159 Å². The Bertz CT molecular complexity index is 949. The fourth-order valence-electron chi connectivity index (χ4n) is 2.57. The maximum atomic E-state index is 13.0. The summed E-state index contributed by atoms with van der Waals surface area (Å²) in [6, 6.07) is 14.8. The summed E-state index contributed by atoms with van der Waals surface area (Å²) in [4.78, 5) is 0. The lowest BCUT2D eigenvalue weighted by atomic mass is 10.2. The summed E-state index contributed by atoms with van der Waals surface area (Å²) in [6.45, 7) is 2.25. The number of nitrogens with one attached hydrogen (secondary N) is 1. The predicted molar refractivity (Wildman–Crippen MR) is 100 cm³/mol. The lowest BCUT2D eigenvalue weighted by Crippen LogP contribution is -2.08. The number of hydrogen-bond donors (Lipinski definition) is 1. The van der Waals surface area contributed by atoms with Gasteiger partial charge in [0.15, 0.2) is 0 Å². The zero-order chi connectivity index (χ0) is 19.4. The van der Waals surface area contributed by atoms with Gasteiger partial charge in [0.1, 0.15) is 5.15 Å². The van der Waals surface area contributed by atoms with E-state index in [0.29, 0.717) is 23.0 Å². The van der Waals surface area contributed by atoms with Crippen LogP contribution >= 0.6 is 11.6 Å². The van der Waals surface area contributed by atoms with Gasteiger partial charge in [-0.05, 0) is 24.6 Å². The van der Waals surface area contributed by atoms with E-state index in [9.17, 15) is 13.2 Å². The Kier molecular flexibility index (Phi) is 5.51. The number of nitrogens with zero attached hydrogens (tertiary/aromatic N) is 3. The lowest BCUT2D eigenvalue weighted by molar-refractivity contribution is -0.136. The number of para-hydroxylation sites is 1. The van der Waals surface area contributed by atoms with Gasteiger partial charge in [-0.2, -0.15) is 23.4 Å². The van der Waals surface area contributed by atoms with E-state index in [2.05, 4.69) is 15.6 Å². The summed E-state index contributed by atoms with van der Waals surface area (Å²) in [5.74, 6) is 0. The molecule has 1 heterocycles. The van der Waals surface area contributed by atoms with Crippen LogP contribution in [0.15, 0.2) is 59.7 Å². The number of aromatic nitrogens is 2. The molecule has 1 aromatic heterocycles. The molecule has 2 aromatic carbocycles. The Morgan fingerprint density at radius 1 is 1.11 bits per heavy atom. The Balaban J connectivity index is 1.79. The number of rotatable bonds is 5. The maximum Gasteiger partial charge on any atom is 0.418 e. The van der Waals surface area contributed by atoms with Crippen LogP contribution in [-0.2, 0) is 12.7 Å². The van der Waals surface area contributed by atoms with E-state index < -0.39 is 11.7 Å². The van der Waals surface area contributed by atoms with Crippen molar-refractivity contribution in [3.63, 3.8) is 0 Å². The number of alkyl halides is 3. The second kappa shape index (κ2) is 7.84. The van der Waals surface area contributed by atoms with Gasteiger partial charge < -0.3 is 0 Å². The monoisotopic (exact) mass is 392 g/mol. The molecule has 8 heteroatoms. The van der Waals surface area contributed by atoms with E-state index in [1.165, 1.54) is 24.4 Å². The van der Waals surface area contributed by atoms with E-state index in [1.54, 1.807) is 11.6 Å². The summed E-state index contributed by atoms with van der Waals surface area (Å²) in [5, 5.41) is 8.66. The lowest BCUT2D eigenvalue weighted by Gasteiger charge is -2.11. The highest BCUT2D eigenvalue weighted by Crippen LogP contribution is 2.34. The van der Waals surface area contributed by atoms with Gasteiger partial charge >= 0.3 is 6.18 Å². The zero-order valence-electron chi connectivity index (χ0n) is 14.3. The normalized spacial score (nSPS) is 11.9. The van der Waals surface area contributed by atoms with Crippen LogP contribution in [0.3, 0.4) is 0 Å². The van der Waals surface area contributed by atoms with Crippen molar-refractivity contribution in [2.75, 3.05) is 5.43 Å². The number of benzene rings is 2. The summed E-state index contributed by atoms with van der Waals surface area (Å²) in [6.07, 6.45) is -3.09. The first-order valence-electron chi connectivity index (χ1n) is 8.08. The third-order valence-electron chi connectivity index (χ3n) is 3.90. The molecule has 0 bridgehead atoms. The van der Waals surface area contributed by atoms with Gasteiger partial charge in [0.25, 0.3) is 0 Å². The highest BCUT2D eigenvalue weighted by atomic mass is 35.5. The van der Waals surface area contributed by atoms with Crippen LogP contribution in [-0.4, -0.2) is 16.0 Å². The van der Waals surface area contributed by atoms with Crippen molar-refractivity contribution in [1.82, 2.24) is 9.78 Å². The average Bonchev–Trinajstić information content (AvgIpc) is 2.89. The van der Waals surface area contributed by atoms with Gasteiger partial charge in [0.2, 0.25) is 0 Å². The van der Waals surface area contributed by atoms with Crippen LogP contribution in [0, 0.1) is 6.92 Å². The van der Waals surface area contributed by atoms with Crippen LogP contribution in [0.25, 0.3) is 0 Å². The van der Waals surface area contributed by atoms with Crippen molar-refractivity contribution in [2.45, 2.75) is 19.6 Å². The van der Waals surface area contributed by atoms with E-state index in [1.807, 2.05) is 30.3 Å². The smallest absolute Gasteiger partial charge is 0.278 e. The topological polar surface area (TPSA) is 42.2 Å². The standard InChI is InChI=1S/C19H16ClF3N4/c1-13-15(18(20)27(26-13)12-14-7-3-2-4-8-14)11-24-25-17-10-6-5-9-16(17)19(21,22)23/h2-11,25H,12H2,1H3/b24-11-. The minimum absolute atomic E-state index is 0.133. The highest BCUT2D eigenvalue weighted by Gasteiger charge is 2.33. The molecule has 0 spiro atoms. The number of anilines is 1. The first kappa shape index (κ1) is 19.0. The molecule has 0 unspecified atom stereocenters. The third-order valence-corrected chi connectivity index (χ3v) is 4.29. The number of halogens is 4.